The highest BCUT2D eigenvalue weighted by molar-refractivity contribution is 5.87. The van der Waals surface area contributed by atoms with Gasteiger partial charge in [0.25, 0.3) is 0 Å². The van der Waals surface area contributed by atoms with Crippen LogP contribution in [0.15, 0.2) is 24.3 Å². The van der Waals surface area contributed by atoms with Crippen molar-refractivity contribution in [3.8, 4) is 0 Å². The lowest BCUT2D eigenvalue weighted by molar-refractivity contribution is -0.131. The highest BCUT2D eigenvalue weighted by Gasteiger charge is 2.28. The quantitative estimate of drug-likeness (QED) is 0.854. The van der Waals surface area contributed by atoms with Crippen molar-refractivity contribution in [1.29, 1.82) is 0 Å². The highest BCUT2D eigenvalue weighted by atomic mass is 19.1. The number of aliphatic carboxylic acids is 1. The van der Waals surface area contributed by atoms with Crippen LogP contribution >= 0.6 is 0 Å². The number of carboxylic acids is 1. The zero-order valence-electron chi connectivity index (χ0n) is 12.6. The zero-order chi connectivity index (χ0) is 15.5. The van der Waals surface area contributed by atoms with Gasteiger partial charge in [0.05, 0.1) is 0 Å². The molecule has 1 fully saturated rings. The standard InChI is InChI=1S/C17H22FNO2/c1-3-17(2)8-10-19(11-9-17)15-6-5-14(18)12-13(15)4-7-16(20)21/h4-7,12H,3,8-11H2,1-2H3,(H,20,21). The maximum Gasteiger partial charge on any atom is 0.328 e. The molecule has 1 aromatic rings. The van der Waals surface area contributed by atoms with Crippen LogP contribution in [0.1, 0.15) is 38.7 Å². The first-order chi connectivity index (χ1) is 9.93. The van der Waals surface area contributed by atoms with E-state index in [-0.39, 0.29) is 5.82 Å². The number of carboxylic acid groups (broad SMARTS) is 1. The van der Waals surface area contributed by atoms with Crippen LogP contribution in [0.4, 0.5) is 10.1 Å². The van der Waals surface area contributed by atoms with Gasteiger partial charge in [-0.2, -0.15) is 0 Å². The lowest BCUT2D eigenvalue weighted by Crippen LogP contribution is -2.38. The number of piperidine rings is 1. The molecule has 1 saturated heterocycles. The third kappa shape index (κ3) is 3.84. The number of hydrogen-bond acceptors (Lipinski definition) is 2. The second-order valence-corrected chi connectivity index (χ2v) is 6.03. The number of benzene rings is 1. The SMILES string of the molecule is CCC1(C)CCN(c2ccc(F)cc2C=CC(=O)O)CC1. The zero-order valence-corrected chi connectivity index (χ0v) is 12.6. The summed E-state index contributed by atoms with van der Waals surface area (Å²) in [6, 6.07) is 4.56. The van der Waals surface area contributed by atoms with E-state index in [1.807, 2.05) is 0 Å². The van der Waals surface area contributed by atoms with Gasteiger partial charge in [0, 0.05) is 30.4 Å². The van der Waals surface area contributed by atoms with E-state index in [1.165, 1.54) is 18.2 Å². The van der Waals surface area contributed by atoms with E-state index in [9.17, 15) is 9.18 Å². The van der Waals surface area contributed by atoms with Crippen LogP contribution in [0.25, 0.3) is 6.08 Å². The van der Waals surface area contributed by atoms with Crippen molar-refractivity contribution in [3.05, 3.63) is 35.7 Å². The molecule has 1 aliphatic rings. The summed E-state index contributed by atoms with van der Waals surface area (Å²) in [6.07, 6.45) is 5.88. The monoisotopic (exact) mass is 291 g/mol. The van der Waals surface area contributed by atoms with Crippen LogP contribution in [-0.2, 0) is 4.79 Å². The molecule has 3 nitrogen and oxygen atoms in total. The average Bonchev–Trinajstić information content (AvgIpc) is 2.46. The van der Waals surface area contributed by atoms with E-state index in [1.54, 1.807) is 6.07 Å². The van der Waals surface area contributed by atoms with E-state index in [2.05, 4.69) is 18.7 Å². The summed E-state index contributed by atoms with van der Waals surface area (Å²) in [6.45, 7) is 6.36. The first kappa shape index (κ1) is 15.5. The molecule has 1 heterocycles. The molecule has 0 aliphatic carbocycles. The predicted molar refractivity (Wildman–Crippen MR) is 82.9 cm³/mol. The molecule has 2 rings (SSSR count). The summed E-state index contributed by atoms with van der Waals surface area (Å²) in [7, 11) is 0. The molecule has 1 aromatic carbocycles. The number of halogens is 1. The third-order valence-corrected chi connectivity index (χ3v) is 4.56. The Balaban J connectivity index is 2.22. The van der Waals surface area contributed by atoms with E-state index in [4.69, 9.17) is 5.11 Å². The van der Waals surface area contributed by atoms with Crippen LogP contribution in [0.3, 0.4) is 0 Å². The van der Waals surface area contributed by atoms with Gasteiger partial charge >= 0.3 is 5.97 Å². The molecule has 1 aliphatic heterocycles. The molecule has 0 unspecified atom stereocenters. The molecular formula is C17H22FNO2. The highest BCUT2D eigenvalue weighted by Crippen LogP contribution is 2.36. The molecular weight excluding hydrogens is 269 g/mol. The van der Waals surface area contributed by atoms with Crippen LogP contribution in [-0.4, -0.2) is 24.2 Å². The Morgan fingerprint density at radius 1 is 1.43 bits per heavy atom. The number of nitrogens with zero attached hydrogens (tertiary/aromatic N) is 1. The number of carbonyl (C=O) groups is 1. The second kappa shape index (κ2) is 6.29. The minimum atomic E-state index is -1.03. The summed E-state index contributed by atoms with van der Waals surface area (Å²) in [5.41, 5.74) is 1.91. The topological polar surface area (TPSA) is 40.5 Å². The van der Waals surface area contributed by atoms with Crippen LogP contribution < -0.4 is 4.90 Å². The van der Waals surface area contributed by atoms with Crippen molar-refractivity contribution in [2.75, 3.05) is 18.0 Å². The number of anilines is 1. The molecule has 0 bridgehead atoms. The molecule has 1 N–H and O–H groups in total. The maximum atomic E-state index is 13.4. The van der Waals surface area contributed by atoms with Gasteiger partial charge < -0.3 is 10.0 Å². The summed E-state index contributed by atoms with van der Waals surface area (Å²) < 4.78 is 13.4. The molecule has 0 spiro atoms. The average molecular weight is 291 g/mol. The first-order valence-electron chi connectivity index (χ1n) is 7.39. The minimum absolute atomic E-state index is 0.348. The molecule has 0 radical (unpaired) electrons. The van der Waals surface area contributed by atoms with Gasteiger partial charge in [-0.05, 0) is 42.5 Å². The molecule has 0 saturated carbocycles. The largest absolute Gasteiger partial charge is 0.478 e. The smallest absolute Gasteiger partial charge is 0.328 e. The minimum Gasteiger partial charge on any atom is -0.478 e. The molecule has 4 heteroatoms. The van der Waals surface area contributed by atoms with Crippen LogP contribution in [0, 0.1) is 11.2 Å². The van der Waals surface area contributed by atoms with Gasteiger partial charge in [0.2, 0.25) is 0 Å². The maximum absolute atomic E-state index is 13.4. The van der Waals surface area contributed by atoms with Crippen LogP contribution in [0.2, 0.25) is 0 Å². The Hall–Kier alpha value is -1.84. The Morgan fingerprint density at radius 3 is 2.67 bits per heavy atom. The van der Waals surface area contributed by atoms with Crippen molar-refractivity contribution in [1.82, 2.24) is 0 Å². The predicted octanol–water partition coefficient (Wildman–Crippen LogP) is 3.94. The normalized spacial score (nSPS) is 18.1. The summed E-state index contributed by atoms with van der Waals surface area (Å²) in [5.74, 6) is -1.37. The Kier molecular flexibility index (Phi) is 4.66. The molecule has 0 amide bonds. The van der Waals surface area contributed by atoms with Gasteiger partial charge in [-0.15, -0.1) is 0 Å². The summed E-state index contributed by atoms with van der Waals surface area (Å²) >= 11 is 0. The molecule has 0 aromatic heterocycles. The number of rotatable bonds is 4. The third-order valence-electron chi connectivity index (χ3n) is 4.56. The van der Waals surface area contributed by atoms with E-state index < -0.39 is 5.97 Å². The van der Waals surface area contributed by atoms with Gasteiger partial charge in [0.1, 0.15) is 5.82 Å². The van der Waals surface area contributed by atoms with Crippen molar-refractivity contribution < 1.29 is 14.3 Å². The lowest BCUT2D eigenvalue weighted by Gasteiger charge is -2.40. The van der Waals surface area contributed by atoms with Crippen molar-refractivity contribution in [2.45, 2.75) is 33.1 Å². The van der Waals surface area contributed by atoms with Gasteiger partial charge in [0.15, 0.2) is 0 Å². The van der Waals surface area contributed by atoms with Crippen molar-refractivity contribution in [3.63, 3.8) is 0 Å². The lowest BCUT2D eigenvalue weighted by atomic mass is 9.78. The molecule has 114 valence electrons. The van der Waals surface area contributed by atoms with Gasteiger partial charge in [-0.1, -0.05) is 20.3 Å². The van der Waals surface area contributed by atoms with Crippen molar-refractivity contribution >= 4 is 17.7 Å². The van der Waals surface area contributed by atoms with Gasteiger partial charge in [-0.25, -0.2) is 9.18 Å². The van der Waals surface area contributed by atoms with E-state index >= 15 is 0 Å². The Morgan fingerprint density at radius 2 is 2.10 bits per heavy atom. The van der Waals surface area contributed by atoms with E-state index in [0.717, 1.165) is 44.1 Å². The fraction of sp³-hybridized carbons (Fsp3) is 0.471. The summed E-state index contributed by atoms with van der Waals surface area (Å²) in [5, 5.41) is 8.75. The summed E-state index contributed by atoms with van der Waals surface area (Å²) in [4.78, 5) is 12.9. The van der Waals surface area contributed by atoms with Gasteiger partial charge in [-0.3, -0.25) is 0 Å². The fourth-order valence-corrected chi connectivity index (χ4v) is 2.75. The number of hydrogen-bond donors (Lipinski definition) is 1. The second-order valence-electron chi connectivity index (χ2n) is 6.03. The first-order valence-corrected chi connectivity index (χ1v) is 7.39. The van der Waals surface area contributed by atoms with Crippen molar-refractivity contribution in [2.24, 2.45) is 5.41 Å². The molecule has 21 heavy (non-hydrogen) atoms. The Bertz CT molecular complexity index is 546. The van der Waals surface area contributed by atoms with E-state index in [0.29, 0.717) is 11.0 Å². The Labute approximate surface area is 125 Å². The van der Waals surface area contributed by atoms with Crippen LogP contribution in [0.5, 0.6) is 0 Å². The molecule has 0 atom stereocenters. The fourth-order valence-electron chi connectivity index (χ4n) is 2.75.